The molecule has 2 amide bonds. The minimum atomic E-state index is -0.256. The summed E-state index contributed by atoms with van der Waals surface area (Å²) in [6, 6.07) is 9.24. The average Bonchev–Trinajstić information content (AvgIpc) is 3.06. The van der Waals surface area contributed by atoms with Gasteiger partial charge in [0.25, 0.3) is 5.91 Å². The topological polar surface area (TPSA) is 88.3 Å². The van der Waals surface area contributed by atoms with Gasteiger partial charge in [0.2, 0.25) is 11.6 Å². The first-order valence-corrected chi connectivity index (χ1v) is 11.5. The molecular formula is C23H26N4O3S. The van der Waals surface area contributed by atoms with E-state index < -0.39 is 0 Å². The summed E-state index contributed by atoms with van der Waals surface area (Å²) < 4.78 is 5.80. The Labute approximate surface area is 185 Å². The third-order valence-corrected chi connectivity index (χ3v) is 6.56. The molecule has 0 bridgehead atoms. The minimum absolute atomic E-state index is 0.0857. The number of rotatable bonds is 5. The van der Waals surface area contributed by atoms with Crippen LogP contribution in [-0.4, -0.2) is 45.0 Å². The maximum absolute atomic E-state index is 12.7. The zero-order valence-electron chi connectivity index (χ0n) is 18.0. The summed E-state index contributed by atoms with van der Waals surface area (Å²) in [7, 11) is 0. The van der Waals surface area contributed by atoms with Crippen LogP contribution >= 0.6 is 11.8 Å². The molecular weight excluding hydrogens is 412 g/mol. The van der Waals surface area contributed by atoms with Crippen molar-refractivity contribution < 1.29 is 14.0 Å². The number of hydrogen-bond acceptors (Lipinski definition) is 6. The number of amides is 2. The number of piperidine rings is 1. The van der Waals surface area contributed by atoms with Crippen LogP contribution in [0.5, 0.6) is 0 Å². The SMILES string of the molecule is Cc1oc2nc(SCC(=O)N3CCCCC3C)nc(NC(=O)c3ccccc3)c2c1C. The molecule has 3 heterocycles. The Kier molecular flexibility index (Phi) is 6.27. The largest absolute Gasteiger partial charge is 0.443 e. The number of aryl methyl sites for hydroxylation is 2. The van der Waals surface area contributed by atoms with Crippen molar-refractivity contribution in [1.82, 2.24) is 14.9 Å². The summed E-state index contributed by atoms with van der Waals surface area (Å²) in [4.78, 5) is 36.4. The fourth-order valence-corrected chi connectivity index (χ4v) is 4.55. The summed E-state index contributed by atoms with van der Waals surface area (Å²) in [6.45, 7) is 6.66. The number of likely N-dealkylation sites (tertiary alicyclic amines) is 1. The lowest BCUT2D eigenvalue weighted by atomic mass is 10.0. The Morgan fingerprint density at radius 1 is 1.19 bits per heavy atom. The van der Waals surface area contributed by atoms with Crippen molar-refractivity contribution in [2.24, 2.45) is 0 Å². The van der Waals surface area contributed by atoms with Gasteiger partial charge in [0, 0.05) is 23.7 Å². The molecule has 1 fully saturated rings. The van der Waals surface area contributed by atoms with E-state index in [9.17, 15) is 9.59 Å². The van der Waals surface area contributed by atoms with E-state index in [1.54, 1.807) is 12.1 Å². The zero-order chi connectivity index (χ0) is 22.0. The molecule has 8 heteroatoms. The lowest BCUT2D eigenvalue weighted by Gasteiger charge is -2.33. The molecule has 1 atom stereocenters. The molecule has 1 unspecified atom stereocenters. The molecule has 0 saturated carbocycles. The third-order valence-electron chi connectivity index (χ3n) is 5.72. The quantitative estimate of drug-likeness (QED) is 0.463. The van der Waals surface area contributed by atoms with Crippen LogP contribution in [-0.2, 0) is 4.79 Å². The van der Waals surface area contributed by atoms with Crippen molar-refractivity contribution >= 4 is 40.5 Å². The number of fused-ring (bicyclic) bond motifs is 1. The van der Waals surface area contributed by atoms with E-state index in [2.05, 4.69) is 22.2 Å². The zero-order valence-corrected chi connectivity index (χ0v) is 18.8. The summed E-state index contributed by atoms with van der Waals surface area (Å²) >= 11 is 1.27. The number of nitrogens with zero attached hydrogens (tertiary/aromatic N) is 3. The van der Waals surface area contributed by atoms with Crippen LogP contribution in [0.15, 0.2) is 39.9 Å². The fraction of sp³-hybridized carbons (Fsp3) is 0.391. The van der Waals surface area contributed by atoms with Gasteiger partial charge in [-0.15, -0.1) is 0 Å². The van der Waals surface area contributed by atoms with E-state index >= 15 is 0 Å². The van der Waals surface area contributed by atoms with Gasteiger partial charge in [-0.05, 0) is 52.2 Å². The van der Waals surface area contributed by atoms with Gasteiger partial charge in [-0.2, -0.15) is 4.98 Å². The van der Waals surface area contributed by atoms with Gasteiger partial charge in [0.15, 0.2) is 5.16 Å². The number of carbonyl (C=O) groups excluding carboxylic acids is 2. The predicted molar refractivity (Wildman–Crippen MR) is 121 cm³/mol. The Bertz CT molecular complexity index is 1110. The normalized spacial score (nSPS) is 16.5. The van der Waals surface area contributed by atoms with Gasteiger partial charge >= 0.3 is 0 Å². The Hall–Kier alpha value is -2.87. The molecule has 1 saturated heterocycles. The molecule has 2 aromatic heterocycles. The molecule has 1 N–H and O–H groups in total. The molecule has 0 spiro atoms. The Morgan fingerprint density at radius 2 is 1.97 bits per heavy atom. The van der Waals surface area contributed by atoms with E-state index in [0.717, 1.165) is 30.7 Å². The number of anilines is 1. The molecule has 3 aromatic rings. The number of aromatic nitrogens is 2. The molecule has 1 aliphatic rings. The number of furan rings is 1. The van der Waals surface area contributed by atoms with Gasteiger partial charge in [0.1, 0.15) is 11.6 Å². The number of thioether (sulfide) groups is 1. The second-order valence-corrected chi connectivity index (χ2v) is 8.80. The molecule has 7 nitrogen and oxygen atoms in total. The average molecular weight is 439 g/mol. The van der Waals surface area contributed by atoms with Gasteiger partial charge in [-0.1, -0.05) is 30.0 Å². The van der Waals surface area contributed by atoms with Crippen molar-refractivity contribution in [3.8, 4) is 0 Å². The van der Waals surface area contributed by atoms with Gasteiger partial charge in [-0.3, -0.25) is 9.59 Å². The van der Waals surface area contributed by atoms with Gasteiger partial charge in [-0.25, -0.2) is 4.98 Å². The van der Waals surface area contributed by atoms with E-state index in [-0.39, 0.29) is 23.6 Å². The van der Waals surface area contributed by atoms with Crippen molar-refractivity contribution in [2.45, 2.75) is 51.2 Å². The van der Waals surface area contributed by atoms with E-state index in [4.69, 9.17) is 4.42 Å². The molecule has 4 rings (SSSR count). The first-order valence-electron chi connectivity index (χ1n) is 10.5. The van der Waals surface area contributed by atoms with Crippen LogP contribution in [0.3, 0.4) is 0 Å². The molecule has 0 aliphatic carbocycles. The standard InChI is InChI=1S/C23H26N4O3S/c1-14-9-7-8-12-27(14)18(28)13-31-23-25-20(19-15(2)16(3)30-22(19)26-23)24-21(29)17-10-5-4-6-11-17/h4-6,10-11,14H,7-9,12-13H2,1-3H3,(H,24,25,26,29). The number of benzene rings is 1. The first kappa shape index (κ1) is 21.4. The minimum Gasteiger partial charge on any atom is -0.443 e. The highest BCUT2D eigenvalue weighted by Crippen LogP contribution is 2.31. The Morgan fingerprint density at radius 3 is 2.71 bits per heavy atom. The van der Waals surface area contributed by atoms with E-state index in [0.29, 0.717) is 27.6 Å². The number of nitrogens with one attached hydrogen (secondary N) is 1. The maximum Gasteiger partial charge on any atom is 0.256 e. The van der Waals surface area contributed by atoms with Crippen LogP contribution in [0.4, 0.5) is 5.82 Å². The predicted octanol–water partition coefficient (Wildman–Crippen LogP) is 4.59. The van der Waals surface area contributed by atoms with Gasteiger partial charge in [0.05, 0.1) is 11.1 Å². The van der Waals surface area contributed by atoms with Crippen LogP contribution < -0.4 is 5.32 Å². The summed E-state index contributed by atoms with van der Waals surface area (Å²) in [5, 5.41) is 3.98. The number of hydrogen-bond donors (Lipinski definition) is 1. The summed E-state index contributed by atoms with van der Waals surface area (Å²) in [6.07, 6.45) is 3.25. The van der Waals surface area contributed by atoms with E-state index in [1.165, 1.54) is 18.2 Å². The molecule has 162 valence electrons. The van der Waals surface area contributed by atoms with Gasteiger partial charge < -0.3 is 14.6 Å². The lowest BCUT2D eigenvalue weighted by molar-refractivity contribution is -0.131. The molecule has 31 heavy (non-hydrogen) atoms. The summed E-state index contributed by atoms with van der Waals surface area (Å²) in [5.41, 5.74) is 1.83. The van der Waals surface area contributed by atoms with Crippen LogP contribution in [0, 0.1) is 13.8 Å². The smallest absolute Gasteiger partial charge is 0.256 e. The van der Waals surface area contributed by atoms with Crippen molar-refractivity contribution in [3.63, 3.8) is 0 Å². The second-order valence-electron chi connectivity index (χ2n) is 7.86. The van der Waals surface area contributed by atoms with Crippen molar-refractivity contribution in [1.29, 1.82) is 0 Å². The summed E-state index contributed by atoms with van der Waals surface area (Å²) in [5.74, 6) is 1.20. The second kappa shape index (κ2) is 9.09. The number of carbonyl (C=O) groups is 2. The monoisotopic (exact) mass is 438 g/mol. The van der Waals surface area contributed by atoms with Crippen molar-refractivity contribution in [2.75, 3.05) is 17.6 Å². The highest BCUT2D eigenvalue weighted by atomic mass is 32.2. The Balaban J connectivity index is 1.58. The van der Waals surface area contributed by atoms with Crippen molar-refractivity contribution in [3.05, 3.63) is 47.2 Å². The van der Waals surface area contributed by atoms with Crippen LogP contribution in [0.2, 0.25) is 0 Å². The first-order chi connectivity index (χ1) is 14.9. The third kappa shape index (κ3) is 4.58. The van der Waals surface area contributed by atoms with Crippen LogP contribution in [0.25, 0.3) is 11.1 Å². The lowest BCUT2D eigenvalue weighted by Crippen LogP contribution is -2.42. The van der Waals surface area contributed by atoms with Crippen LogP contribution in [0.1, 0.15) is 47.9 Å². The molecule has 1 aliphatic heterocycles. The molecule has 0 radical (unpaired) electrons. The molecule has 1 aromatic carbocycles. The maximum atomic E-state index is 12.7. The highest BCUT2D eigenvalue weighted by Gasteiger charge is 2.24. The van der Waals surface area contributed by atoms with E-state index in [1.807, 2.05) is 36.9 Å². The fourth-order valence-electron chi connectivity index (χ4n) is 3.83. The highest BCUT2D eigenvalue weighted by molar-refractivity contribution is 7.99.